The number of rotatable bonds is 3. The molecule has 4 nitrogen and oxygen atoms in total. The number of carbonyl (C=O) groups is 1. The van der Waals surface area contributed by atoms with Crippen LogP contribution in [-0.2, 0) is 6.54 Å². The fraction of sp³-hybridized carbons (Fsp3) is 0.0625. The first-order valence-corrected chi connectivity index (χ1v) is 6.35. The second-order valence-corrected chi connectivity index (χ2v) is 4.45. The second kappa shape index (κ2) is 5.48. The van der Waals surface area contributed by atoms with Crippen molar-refractivity contribution in [2.24, 2.45) is 0 Å². The Morgan fingerprint density at radius 1 is 1.10 bits per heavy atom. The SMILES string of the molecule is O=C(NCc1ccncc1)c1cnc2ccccc2c1. The second-order valence-electron chi connectivity index (χ2n) is 4.45. The maximum Gasteiger partial charge on any atom is 0.253 e. The van der Waals surface area contributed by atoms with Crippen molar-refractivity contribution in [3.05, 3.63) is 72.2 Å². The molecule has 0 aliphatic rings. The number of nitrogens with one attached hydrogen (secondary N) is 1. The van der Waals surface area contributed by atoms with Crippen LogP contribution in [0.3, 0.4) is 0 Å². The highest BCUT2D eigenvalue weighted by atomic mass is 16.1. The van der Waals surface area contributed by atoms with Gasteiger partial charge in [0.15, 0.2) is 0 Å². The average molecular weight is 263 g/mol. The van der Waals surface area contributed by atoms with Crippen LogP contribution in [0.15, 0.2) is 61.1 Å². The van der Waals surface area contributed by atoms with Gasteiger partial charge >= 0.3 is 0 Å². The van der Waals surface area contributed by atoms with E-state index in [2.05, 4.69) is 15.3 Å². The Morgan fingerprint density at radius 2 is 1.90 bits per heavy atom. The standard InChI is InChI=1S/C16H13N3O/c20-16(19-10-12-5-7-17-8-6-12)14-9-13-3-1-2-4-15(13)18-11-14/h1-9,11H,10H2,(H,19,20). The molecule has 1 aromatic carbocycles. The van der Waals surface area contributed by atoms with Gasteiger partial charge in [-0.15, -0.1) is 0 Å². The number of benzene rings is 1. The van der Waals surface area contributed by atoms with E-state index < -0.39 is 0 Å². The minimum atomic E-state index is -0.125. The Kier molecular flexibility index (Phi) is 3.37. The summed E-state index contributed by atoms with van der Waals surface area (Å²) in [4.78, 5) is 20.3. The van der Waals surface area contributed by atoms with Gasteiger partial charge in [-0.2, -0.15) is 0 Å². The monoisotopic (exact) mass is 263 g/mol. The van der Waals surface area contributed by atoms with Crippen LogP contribution in [0.25, 0.3) is 10.9 Å². The number of hydrogen-bond donors (Lipinski definition) is 1. The summed E-state index contributed by atoms with van der Waals surface area (Å²) in [5.41, 5.74) is 2.47. The third kappa shape index (κ3) is 2.64. The first-order valence-electron chi connectivity index (χ1n) is 6.35. The largest absolute Gasteiger partial charge is 0.348 e. The quantitative estimate of drug-likeness (QED) is 0.790. The van der Waals surface area contributed by atoms with E-state index in [1.54, 1.807) is 18.6 Å². The van der Waals surface area contributed by atoms with Crippen LogP contribution in [0.1, 0.15) is 15.9 Å². The number of para-hydroxylation sites is 1. The highest BCUT2D eigenvalue weighted by molar-refractivity contribution is 5.97. The molecule has 98 valence electrons. The van der Waals surface area contributed by atoms with Gasteiger partial charge in [0, 0.05) is 30.5 Å². The fourth-order valence-corrected chi connectivity index (χ4v) is 1.98. The molecule has 0 saturated heterocycles. The Balaban J connectivity index is 1.75. The summed E-state index contributed by atoms with van der Waals surface area (Å²) in [7, 11) is 0. The number of amides is 1. The molecule has 0 bridgehead atoms. The van der Waals surface area contributed by atoms with E-state index >= 15 is 0 Å². The van der Waals surface area contributed by atoms with Crippen molar-refractivity contribution in [3.8, 4) is 0 Å². The van der Waals surface area contributed by atoms with Gasteiger partial charge in [-0.3, -0.25) is 14.8 Å². The molecule has 0 spiro atoms. The van der Waals surface area contributed by atoms with Crippen molar-refractivity contribution < 1.29 is 4.79 Å². The Labute approximate surface area is 116 Å². The van der Waals surface area contributed by atoms with Crippen molar-refractivity contribution >= 4 is 16.8 Å². The summed E-state index contributed by atoms with van der Waals surface area (Å²) in [6.07, 6.45) is 5.02. The first kappa shape index (κ1) is 12.3. The van der Waals surface area contributed by atoms with E-state index in [-0.39, 0.29) is 5.91 Å². The highest BCUT2D eigenvalue weighted by Crippen LogP contribution is 2.12. The topological polar surface area (TPSA) is 54.9 Å². The van der Waals surface area contributed by atoms with Crippen LogP contribution in [0.4, 0.5) is 0 Å². The van der Waals surface area contributed by atoms with Crippen LogP contribution < -0.4 is 5.32 Å². The van der Waals surface area contributed by atoms with E-state index in [1.807, 2.05) is 42.5 Å². The van der Waals surface area contributed by atoms with Gasteiger partial charge in [0.05, 0.1) is 11.1 Å². The summed E-state index contributed by atoms with van der Waals surface area (Å²) in [6.45, 7) is 0.480. The van der Waals surface area contributed by atoms with E-state index in [0.717, 1.165) is 16.5 Å². The maximum absolute atomic E-state index is 12.1. The zero-order valence-corrected chi connectivity index (χ0v) is 10.8. The van der Waals surface area contributed by atoms with Crippen molar-refractivity contribution in [2.75, 3.05) is 0 Å². The molecule has 4 heteroatoms. The van der Waals surface area contributed by atoms with Gasteiger partial charge in [0.1, 0.15) is 0 Å². The van der Waals surface area contributed by atoms with Crippen LogP contribution in [-0.4, -0.2) is 15.9 Å². The molecule has 0 aliphatic carbocycles. The molecule has 0 saturated carbocycles. The van der Waals surface area contributed by atoms with Crippen LogP contribution >= 0.6 is 0 Å². The normalized spacial score (nSPS) is 10.4. The Hall–Kier alpha value is -2.75. The molecular weight excluding hydrogens is 250 g/mol. The van der Waals surface area contributed by atoms with Crippen molar-refractivity contribution in [3.63, 3.8) is 0 Å². The smallest absolute Gasteiger partial charge is 0.253 e. The van der Waals surface area contributed by atoms with Gasteiger partial charge in [-0.25, -0.2) is 0 Å². The molecule has 2 heterocycles. The third-order valence-corrected chi connectivity index (χ3v) is 3.06. The van der Waals surface area contributed by atoms with Gasteiger partial charge in [-0.1, -0.05) is 18.2 Å². The molecule has 1 amide bonds. The first-order chi connectivity index (χ1) is 9.83. The van der Waals surface area contributed by atoms with Crippen molar-refractivity contribution in [1.82, 2.24) is 15.3 Å². The van der Waals surface area contributed by atoms with E-state index in [0.29, 0.717) is 12.1 Å². The van der Waals surface area contributed by atoms with Gasteiger partial charge < -0.3 is 5.32 Å². The fourth-order valence-electron chi connectivity index (χ4n) is 1.98. The molecule has 0 atom stereocenters. The predicted octanol–water partition coefficient (Wildman–Crippen LogP) is 2.56. The zero-order valence-electron chi connectivity index (χ0n) is 10.8. The summed E-state index contributed by atoms with van der Waals surface area (Å²) in [6, 6.07) is 13.3. The minimum absolute atomic E-state index is 0.125. The average Bonchev–Trinajstić information content (AvgIpc) is 2.53. The molecule has 0 radical (unpaired) electrons. The third-order valence-electron chi connectivity index (χ3n) is 3.06. The molecular formula is C16H13N3O. The van der Waals surface area contributed by atoms with Crippen molar-refractivity contribution in [1.29, 1.82) is 0 Å². The van der Waals surface area contributed by atoms with Gasteiger partial charge in [-0.05, 0) is 29.8 Å². The number of nitrogens with zero attached hydrogens (tertiary/aromatic N) is 2. The zero-order chi connectivity index (χ0) is 13.8. The van der Waals surface area contributed by atoms with Gasteiger partial charge in [0.25, 0.3) is 5.91 Å². The van der Waals surface area contributed by atoms with E-state index in [4.69, 9.17) is 0 Å². The molecule has 0 fully saturated rings. The van der Waals surface area contributed by atoms with Gasteiger partial charge in [0.2, 0.25) is 0 Å². The lowest BCUT2D eigenvalue weighted by atomic mass is 10.1. The number of pyridine rings is 2. The summed E-state index contributed by atoms with van der Waals surface area (Å²) in [5, 5.41) is 3.84. The molecule has 2 aromatic heterocycles. The predicted molar refractivity (Wildman–Crippen MR) is 77.2 cm³/mol. The highest BCUT2D eigenvalue weighted by Gasteiger charge is 2.06. The van der Waals surface area contributed by atoms with Crippen LogP contribution in [0.5, 0.6) is 0 Å². The van der Waals surface area contributed by atoms with E-state index in [1.165, 1.54) is 0 Å². The number of carbonyl (C=O) groups excluding carboxylic acids is 1. The van der Waals surface area contributed by atoms with E-state index in [9.17, 15) is 4.79 Å². The lowest BCUT2D eigenvalue weighted by Gasteiger charge is -2.06. The summed E-state index contributed by atoms with van der Waals surface area (Å²) in [5.74, 6) is -0.125. The van der Waals surface area contributed by atoms with Crippen LogP contribution in [0, 0.1) is 0 Å². The summed E-state index contributed by atoms with van der Waals surface area (Å²) < 4.78 is 0. The molecule has 0 unspecified atom stereocenters. The molecule has 20 heavy (non-hydrogen) atoms. The molecule has 3 rings (SSSR count). The lowest BCUT2D eigenvalue weighted by molar-refractivity contribution is 0.0950. The number of aromatic nitrogens is 2. The Morgan fingerprint density at radius 3 is 2.75 bits per heavy atom. The van der Waals surface area contributed by atoms with Crippen molar-refractivity contribution in [2.45, 2.75) is 6.54 Å². The number of fused-ring (bicyclic) bond motifs is 1. The maximum atomic E-state index is 12.1. The molecule has 1 N–H and O–H groups in total. The Bertz CT molecular complexity index is 741. The van der Waals surface area contributed by atoms with Crippen LogP contribution in [0.2, 0.25) is 0 Å². The lowest BCUT2D eigenvalue weighted by Crippen LogP contribution is -2.22. The molecule has 3 aromatic rings. The molecule has 0 aliphatic heterocycles. The summed E-state index contributed by atoms with van der Waals surface area (Å²) >= 11 is 0. The number of hydrogen-bond acceptors (Lipinski definition) is 3. The minimum Gasteiger partial charge on any atom is -0.348 e.